The standard InChI is InChI=1S/C18H16FN3O3S2/c1-20-27(24,25)16-7-5-13(6-8-16)17(23)22-18-21-11-15(26-18)10-12-3-2-4-14(19)9-12/h2-9,11,20H,10H2,1H3,(H,21,22,23). The van der Waals surface area contributed by atoms with Gasteiger partial charge in [-0.05, 0) is 49.0 Å². The number of halogens is 1. The van der Waals surface area contributed by atoms with Crippen molar-refractivity contribution < 1.29 is 17.6 Å². The zero-order valence-corrected chi connectivity index (χ0v) is 15.9. The van der Waals surface area contributed by atoms with Crippen molar-refractivity contribution in [2.75, 3.05) is 12.4 Å². The van der Waals surface area contributed by atoms with E-state index < -0.39 is 15.9 Å². The molecule has 3 aromatic rings. The maximum atomic E-state index is 13.2. The number of sulfonamides is 1. The first kappa shape index (κ1) is 19.2. The lowest BCUT2D eigenvalue weighted by atomic mass is 10.1. The Kier molecular flexibility index (Phi) is 5.64. The normalized spacial score (nSPS) is 11.3. The Balaban J connectivity index is 1.67. The van der Waals surface area contributed by atoms with Crippen LogP contribution in [0.4, 0.5) is 9.52 Å². The van der Waals surface area contributed by atoms with Crippen molar-refractivity contribution in [1.82, 2.24) is 9.71 Å². The first-order valence-corrected chi connectivity index (χ1v) is 10.2. The summed E-state index contributed by atoms with van der Waals surface area (Å²) < 4.78 is 38.9. The van der Waals surface area contributed by atoms with E-state index in [0.717, 1.165) is 10.4 Å². The second kappa shape index (κ2) is 7.95. The number of nitrogens with one attached hydrogen (secondary N) is 2. The van der Waals surface area contributed by atoms with Gasteiger partial charge >= 0.3 is 0 Å². The minimum absolute atomic E-state index is 0.0770. The Bertz CT molecular complexity index is 1060. The molecule has 1 heterocycles. The summed E-state index contributed by atoms with van der Waals surface area (Å²) in [5.74, 6) is -0.690. The molecular formula is C18H16FN3O3S2. The van der Waals surface area contributed by atoms with Gasteiger partial charge in [-0.3, -0.25) is 10.1 Å². The molecule has 0 aliphatic rings. The van der Waals surface area contributed by atoms with Crippen LogP contribution in [0.2, 0.25) is 0 Å². The van der Waals surface area contributed by atoms with Crippen molar-refractivity contribution in [3.63, 3.8) is 0 Å². The number of anilines is 1. The van der Waals surface area contributed by atoms with Crippen LogP contribution in [0.25, 0.3) is 0 Å². The van der Waals surface area contributed by atoms with Crippen molar-refractivity contribution in [3.8, 4) is 0 Å². The molecule has 0 bridgehead atoms. The van der Waals surface area contributed by atoms with Gasteiger partial charge in [-0.15, -0.1) is 11.3 Å². The van der Waals surface area contributed by atoms with E-state index >= 15 is 0 Å². The number of carbonyl (C=O) groups is 1. The molecule has 0 unspecified atom stereocenters. The average molecular weight is 405 g/mol. The van der Waals surface area contributed by atoms with Crippen LogP contribution in [-0.4, -0.2) is 26.4 Å². The fourth-order valence-electron chi connectivity index (χ4n) is 2.37. The summed E-state index contributed by atoms with van der Waals surface area (Å²) in [6.45, 7) is 0. The molecule has 2 aromatic carbocycles. The Labute approximate surface area is 160 Å². The van der Waals surface area contributed by atoms with Gasteiger partial charge in [0.1, 0.15) is 5.82 Å². The number of benzene rings is 2. The number of carbonyl (C=O) groups excluding carboxylic acids is 1. The topological polar surface area (TPSA) is 88.2 Å². The van der Waals surface area contributed by atoms with Gasteiger partial charge in [0.15, 0.2) is 5.13 Å². The van der Waals surface area contributed by atoms with E-state index in [1.165, 1.54) is 54.8 Å². The van der Waals surface area contributed by atoms with Gasteiger partial charge in [0, 0.05) is 23.1 Å². The smallest absolute Gasteiger partial charge is 0.257 e. The summed E-state index contributed by atoms with van der Waals surface area (Å²) in [6, 6.07) is 11.9. The molecule has 0 spiro atoms. The highest BCUT2D eigenvalue weighted by atomic mass is 32.2. The molecule has 27 heavy (non-hydrogen) atoms. The number of aromatic nitrogens is 1. The van der Waals surface area contributed by atoms with Crippen molar-refractivity contribution in [2.45, 2.75) is 11.3 Å². The molecule has 0 atom stereocenters. The molecule has 140 valence electrons. The molecule has 2 N–H and O–H groups in total. The van der Waals surface area contributed by atoms with E-state index in [0.29, 0.717) is 17.1 Å². The van der Waals surface area contributed by atoms with Crippen LogP contribution >= 0.6 is 11.3 Å². The first-order valence-electron chi connectivity index (χ1n) is 7.91. The van der Waals surface area contributed by atoms with Crippen LogP contribution in [0.5, 0.6) is 0 Å². The summed E-state index contributed by atoms with van der Waals surface area (Å²) in [6.07, 6.45) is 2.15. The van der Waals surface area contributed by atoms with E-state index in [1.54, 1.807) is 12.3 Å². The van der Waals surface area contributed by atoms with Gasteiger partial charge in [0.05, 0.1) is 4.90 Å². The Morgan fingerprint density at radius 3 is 2.59 bits per heavy atom. The third kappa shape index (κ3) is 4.76. The van der Waals surface area contributed by atoms with Gasteiger partial charge in [0.2, 0.25) is 10.0 Å². The first-order chi connectivity index (χ1) is 12.9. The van der Waals surface area contributed by atoms with Gasteiger partial charge in [-0.25, -0.2) is 22.5 Å². The molecule has 9 heteroatoms. The maximum absolute atomic E-state index is 13.2. The van der Waals surface area contributed by atoms with Crippen LogP contribution in [0.15, 0.2) is 59.6 Å². The summed E-state index contributed by atoms with van der Waals surface area (Å²) in [4.78, 5) is 17.4. The van der Waals surface area contributed by atoms with E-state index in [-0.39, 0.29) is 10.7 Å². The zero-order chi connectivity index (χ0) is 19.4. The van der Waals surface area contributed by atoms with Crippen molar-refractivity contribution in [3.05, 3.63) is 76.5 Å². The van der Waals surface area contributed by atoms with Crippen LogP contribution in [-0.2, 0) is 16.4 Å². The number of hydrogen-bond acceptors (Lipinski definition) is 5. The fourth-order valence-corrected chi connectivity index (χ4v) is 3.94. The summed E-state index contributed by atoms with van der Waals surface area (Å²) in [5.41, 5.74) is 1.13. The molecule has 0 saturated carbocycles. The van der Waals surface area contributed by atoms with Crippen LogP contribution in [0, 0.1) is 5.82 Å². The van der Waals surface area contributed by atoms with Crippen molar-refractivity contribution in [1.29, 1.82) is 0 Å². The van der Waals surface area contributed by atoms with Gasteiger partial charge in [-0.1, -0.05) is 12.1 Å². The van der Waals surface area contributed by atoms with E-state index in [9.17, 15) is 17.6 Å². The summed E-state index contributed by atoms with van der Waals surface area (Å²) in [7, 11) is -2.23. The predicted octanol–water partition coefficient (Wildman–Crippen LogP) is 3.03. The monoisotopic (exact) mass is 405 g/mol. The number of hydrogen-bond donors (Lipinski definition) is 2. The summed E-state index contributed by atoms with van der Waals surface area (Å²) in [5, 5.41) is 3.09. The van der Waals surface area contributed by atoms with Crippen LogP contribution in [0.1, 0.15) is 20.8 Å². The van der Waals surface area contributed by atoms with Crippen LogP contribution < -0.4 is 10.0 Å². The number of thiazole rings is 1. The lowest BCUT2D eigenvalue weighted by molar-refractivity contribution is 0.102. The number of amides is 1. The minimum Gasteiger partial charge on any atom is -0.298 e. The minimum atomic E-state index is -3.55. The molecule has 6 nitrogen and oxygen atoms in total. The third-order valence-corrected chi connectivity index (χ3v) is 6.08. The molecular weight excluding hydrogens is 389 g/mol. The highest BCUT2D eigenvalue weighted by Gasteiger charge is 2.14. The Morgan fingerprint density at radius 1 is 1.19 bits per heavy atom. The molecule has 0 aliphatic carbocycles. The maximum Gasteiger partial charge on any atom is 0.257 e. The van der Waals surface area contributed by atoms with E-state index in [1.807, 2.05) is 6.07 Å². The molecule has 0 saturated heterocycles. The van der Waals surface area contributed by atoms with Gasteiger partial charge < -0.3 is 0 Å². The second-order valence-corrected chi connectivity index (χ2v) is 8.63. The fraction of sp³-hybridized carbons (Fsp3) is 0.111. The zero-order valence-electron chi connectivity index (χ0n) is 14.3. The molecule has 0 fully saturated rings. The largest absolute Gasteiger partial charge is 0.298 e. The highest BCUT2D eigenvalue weighted by Crippen LogP contribution is 2.22. The SMILES string of the molecule is CNS(=O)(=O)c1ccc(C(=O)Nc2ncc(Cc3cccc(F)c3)s2)cc1. The third-order valence-electron chi connectivity index (χ3n) is 3.74. The van der Waals surface area contributed by atoms with Crippen molar-refractivity contribution >= 4 is 32.4 Å². The molecule has 3 rings (SSSR count). The van der Waals surface area contributed by atoms with Gasteiger partial charge in [-0.2, -0.15) is 0 Å². The molecule has 0 aliphatic heterocycles. The van der Waals surface area contributed by atoms with Gasteiger partial charge in [0.25, 0.3) is 5.91 Å². The summed E-state index contributed by atoms with van der Waals surface area (Å²) >= 11 is 1.30. The lowest BCUT2D eigenvalue weighted by Crippen LogP contribution is -2.19. The lowest BCUT2D eigenvalue weighted by Gasteiger charge is -2.04. The van der Waals surface area contributed by atoms with E-state index in [4.69, 9.17) is 0 Å². The van der Waals surface area contributed by atoms with Crippen molar-refractivity contribution in [2.24, 2.45) is 0 Å². The number of nitrogens with zero attached hydrogens (tertiary/aromatic N) is 1. The molecule has 1 aromatic heterocycles. The average Bonchev–Trinajstić information content (AvgIpc) is 3.08. The second-order valence-electron chi connectivity index (χ2n) is 5.62. The van der Waals surface area contributed by atoms with Crippen LogP contribution in [0.3, 0.4) is 0 Å². The predicted molar refractivity (Wildman–Crippen MR) is 102 cm³/mol. The Morgan fingerprint density at radius 2 is 1.93 bits per heavy atom. The molecule has 1 amide bonds. The quantitative estimate of drug-likeness (QED) is 0.660. The highest BCUT2D eigenvalue weighted by molar-refractivity contribution is 7.89. The van der Waals surface area contributed by atoms with E-state index in [2.05, 4.69) is 15.0 Å². The Hall–Kier alpha value is -2.62. The molecule has 0 radical (unpaired) electrons. The number of rotatable bonds is 6.